The van der Waals surface area contributed by atoms with Gasteiger partial charge >= 0.3 is 5.97 Å². The maximum atomic E-state index is 13.7. The van der Waals surface area contributed by atoms with Gasteiger partial charge in [-0.25, -0.2) is 4.39 Å². The lowest BCUT2D eigenvalue weighted by molar-refractivity contribution is -0.147. The van der Waals surface area contributed by atoms with Gasteiger partial charge in [0.15, 0.2) is 11.6 Å². The first-order valence-corrected chi connectivity index (χ1v) is 7.72. The Morgan fingerprint density at radius 1 is 1.24 bits per heavy atom. The van der Waals surface area contributed by atoms with E-state index in [1.807, 2.05) is 12.1 Å². The standard InChI is InChI=1S/C20H19FO4/c1-4-11-24-18-8-6-5-7-16(18)14(2)25-20(22)13-15-9-10-19(23-3)17(21)12-15/h1,5-10,12,14H,11,13H2,2-3H3. The molecule has 130 valence electrons. The van der Waals surface area contributed by atoms with Crippen molar-refractivity contribution in [3.63, 3.8) is 0 Å². The molecular weight excluding hydrogens is 323 g/mol. The van der Waals surface area contributed by atoms with Crippen LogP contribution in [0, 0.1) is 18.2 Å². The lowest BCUT2D eigenvalue weighted by Crippen LogP contribution is -2.12. The molecule has 0 fully saturated rings. The van der Waals surface area contributed by atoms with Crippen molar-refractivity contribution in [1.82, 2.24) is 0 Å². The molecule has 0 aliphatic carbocycles. The van der Waals surface area contributed by atoms with Gasteiger partial charge in [-0.1, -0.05) is 30.2 Å². The number of carbonyl (C=O) groups is 1. The first-order valence-electron chi connectivity index (χ1n) is 7.72. The predicted molar refractivity (Wildman–Crippen MR) is 91.9 cm³/mol. The van der Waals surface area contributed by atoms with Crippen LogP contribution in [0.25, 0.3) is 0 Å². The number of benzene rings is 2. The van der Waals surface area contributed by atoms with Gasteiger partial charge in [0.05, 0.1) is 13.5 Å². The van der Waals surface area contributed by atoms with Crippen LogP contribution in [0.2, 0.25) is 0 Å². The van der Waals surface area contributed by atoms with E-state index in [-0.39, 0.29) is 18.8 Å². The molecular formula is C20H19FO4. The van der Waals surface area contributed by atoms with Crippen molar-refractivity contribution in [2.24, 2.45) is 0 Å². The summed E-state index contributed by atoms with van der Waals surface area (Å²) in [5.74, 6) is 2.10. The number of methoxy groups -OCH3 is 1. The number of hydrogen-bond donors (Lipinski definition) is 0. The van der Waals surface area contributed by atoms with Crippen LogP contribution in [0.3, 0.4) is 0 Å². The molecule has 2 aromatic carbocycles. The molecule has 0 amide bonds. The van der Waals surface area contributed by atoms with Crippen molar-refractivity contribution in [2.45, 2.75) is 19.4 Å². The topological polar surface area (TPSA) is 44.8 Å². The summed E-state index contributed by atoms with van der Waals surface area (Å²) >= 11 is 0. The SMILES string of the molecule is C#CCOc1ccccc1C(C)OC(=O)Cc1ccc(OC)c(F)c1. The van der Waals surface area contributed by atoms with Gasteiger partial charge in [-0.3, -0.25) is 4.79 Å². The highest BCUT2D eigenvalue weighted by molar-refractivity contribution is 5.73. The van der Waals surface area contributed by atoms with Gasteiger partial charge in [-0.05, 0) is 30.7 Å². The molecule has 0 bridgehead atoms. The molecule has 0 saturated heterocycles. The average Bonchev–Trinajstić information content (AvgIpc) is 2.60. The molecule has 0 aromatic heterocycles. The third-order valence-corrected chi connectivity index (χ3v) is 3.54. The first-order chi connectivity index (χ1) is 12.0. The second-order valence-corrected chi connectivity index (χ2v) is 5.31. The molecule has 5 heteroatoms. The number of rotatable bonds is 7. The summed E-state index contributed by atoms with van der Waals surface area (Å²) in [6.07, 6.45) is 4.64. The quantitative estimate of drug-likeness (QED) is 0.569. The number of halogens is 1. The highest BCUT2D eigenvalue weighted by Crippen LogP contribution is 2.28. The highest BCUT2D eigenvalue weighted by atomic mass is 19.1. The summed E-state index contributed by atoms with van der Waals surface area (Å²) < 4.78 is 29.4. The number of carbonyl (C=O) groups excluding carboxylic acids is 1. The normalized spacial score (nSPS) is 11.3. The summed E-state index contributed by atoms with van der Waals surface area (Å²) in [6, 6.07) is 11.6. The molecule has 1 unspecified atom stereocenters. The molecule has 4 nitrogen and oxygen atoms in total. The number of para-hydroxylation sites is 1. The smallest absolute Gasteiger partial charge is 0.310 e. The minimum absolute atomic E-state index is 0.0430. The Morgan fingerprint density at radius 2 is 2.00 bits per heavy atom. The van der Waals surface area contributed by atoms with E-state index in [0.29, 0.717) is 16.9 Å². The lowest BCUT2D eigenvalue weighted by atomic mass is 10.1. The van der Waals surface area contributed by atoms with Crippen LogP contribution < -0.4 is 9.47 Å². The fraction of sp³-hybridized carbons (Fsp3) is 0.250. The maximum absolute atomic E-state index is 13.7. The monoisotopic (exact) mass is 342 g/mol. The van der Waals surface area contributed by atoms with Crippen molar-refractivity contribution in [3.8, 4) is 23.8 Å². The molecule has 25 heavy (non-hydrogen) atoms. The number of ether oxygens (including phenoxy) is 3. The molecule has 0 saturated carbocycles. The van der Waals surface area contributed by atoms with Crippen LogP contribution in [0.4, 0.5) is 4.39 Å². The number of esters is 1. The lowest BCUT2D eigenvalue weighted by Gasteiger charge is -2.17. The Bertz CT molecular complexity index is 780. The molecule has 1 atom stereocenters. The molecule has 0 N–H and O–H groups in total. The Labute approximate surface area is 146 Å². The van der Waals surface area contributed by atoms with E-state index in [1.165, 1.54) is 19.2 Å². The third kappa shape index (κ3) is 4.98. The Balaban J connectivity index is 2.03. The van der Waals surface area contributed by atoms with E-state index in [4.69, 9.17) is 20.6 Å². The van der Waals surface area contributed by atoms with E-state index >= 15 is 0 Å². The molecule has 2 aromatic rings. The predicted octanol–water partition coefficient (Wildman–Crippen LogP) is 3.69. The maximum Gasteiger partial charge on any atom is 0.310 e. The van der Waals surface area contributed by atoms with Gasteiger partial charge in [-0.2, -0.15) is 0 Å². The summed E-state index contributed by atoms with van der Waals surface area (Å²) in [7, 11) is 1.38. The van der Waals surface area contributed by atoms with E-state index in [1.54, 1.807) is 25.1 Å². The second kappa shape index (κ2) is 8.74. The van der Waals surface area contributed by atoms with E-state index in [2.05, 4.69) is 5.92 Å². The van der Waals surface area contributed by atoms with Crippen LogP contribution in [0.15, 0.2) is 42.5 Å². The van der Waals surface area contributed by atoms with Crippen LogP contribution in [0.5, 0.6) is 11.5 Å². The molecule has 0 heterocycles. The zero-order valence-electron chi connectivity index (χ0n) is 14.1. The van der Waals surface area contributed by atoms with Crippen molar-refractivity contribution in [2.75, 3.05) is 13.7 Å². The van der Waals surface area contributed by atoms with Crippen molar-refractivity contribution in [3.05, 3.63) is 59.4 Å². The molecule has 0 radical (unpaired) electrons. The molecule has 0 aliphatic rings. The minimum atomic E-state index is -0.524. The average molecular weight is 342 g/mol. The van der Waals surface area contributed by atoms with Crippen molar-refractivity contribution in [1.29, 1.82) is 0 Å². The zero-order chi connectivity index (χ0) is 18.2. The van der Waals surface area contributed by atoms with E-state index in [9.17, 15) is 9.18 Å². The summed E-state index contributed by atoms with van der Waals surface area (Å²) in [4.78, 5) is 12.1. The zero-order valence-corrected chi connectivity index (χ0v) is 14.1. The summed E-state index contributed by atoms with van der Waals surface area (Å²) in [5.41, 5.74) is 1.22. The van der Waals surface area contributed by atoms with Crippen LogP contribution in [-0.4, -0.2) is 19.7 Å². The van der Waals surface area contributed by atoms with Crippen LogP contribution >= 0.6 is 0 Å². The molecule has 2 rings (SSSR count). The van der Waals surface area contributed by atoms with Crippen molar-refractivity contribution >= 4 is 5.97 Å². The van der Waals surface area contributed by atoms with Gasteiger partial charge < -0.3 is 14.2 Å². The fourth-order valence-corrected chi connectivity index (χ4v) is 2.36. The van der Waals surface area contributed by atoms with Gasteiger partial charge in [0.25, 0.3) is 0 Å². The summed E-state index contributed by atoms with van der Waals surface area (Å²) in [6.45, 7) is 1.87. The largest absolute Gasteiger partial charge is 0.494 e. The fourth-order valence-electron chi connectivity index (χ4n) is 2.36. The van der Waals surface area contributed by atoms with Gasteiger partial charge in [0.1, 0.15) is 18.5 Å². The third-order valence-electron chi connectivity index (χ3n) is 3.54. The van der Waals surface area contributed by atoms with Crippen LogP contribution in [-0.2, 0) is 16.0 Å². The van der Waals surface area contributed by atoms with Gasteiger partial charge in [0, 0.05) is 5.56 Å². The number of terminal acetylenes is 1. The van der Waals surface area contributed by atoms with E-state index in [0.717, 1.165) is 0 Å². The first kappa shape index (κ1) is 18.3. The highest BCUT2D eigenvalue weighted by Gasteiger charge is 2.17. The second-order valence-electron chi connectivity index (χ2n) is 5.31. The molecule has 0 spiro atoms. The van der Waals surface area contributed by atoms with Gasteiger partial charge in [-0.15, -0.1) is 6.42 Å². The Hall–Kier alpha value is -3.00. The Morgan fingerprint density at radius 3 is 2.68 bits per heavy atom. The van der Waals surface area contributed by atoms with E-state index < -0.39 is 17.9 Å². The van der Waals surface area contributed by atoms with Crippen LogP contribution in [0.1, 0.15) is 24.2 Å². The van der Waals surface area contributed by atoms with Gasteiger partial charge in [0.2, 0.25) is 0 Å². The van der Waals surface area contributed by atoms with Crippen molar-refractivity contribution < 1.29 is 23.4 Å². The molecule has 0 aliphatic heterocycles. The Kier molecular flexibility index (Phi) is 6.41. The number of hydrogen-bond acceptors (Lipinski definition) is 4. The summed E-state index contributed by atoms with van der Waals surface area (Å²) in [5, 5.41) is 0. The minimum Gasteiger partial charge on any atom is -0.494 e.